The minimum absolute atomic E-state index is 0.230. The lowest BCUT2D eigenvalue weighted by Crippen LogP contribution is -2.36. The molecular weight excluding hydrogens is 397 g/mol. The van der Waals surface area contributed by atoms with E-state index in [1.54, 1.807) is 12.1 Å². The number of nitrogens with zero attached hydrogens (tertiary/aromatic N) is 1. The van der Waals surface area contributed by atoms with Crippen molar-refractivity contribution in [1.29, 1.82) is 0 Å². The second-order valence-electron chi connectivity index (χ2n) is 6.80. The number of hydrogen-bond acceptors (Lipinski definition) is 4. The molecular formula is C22H21F3N2O3. The molecule has 0 unspecified atom stereocenters. The quantitative estimate of drug-likeness (QED) is 0.450. The van der Waals surface area contributed by atoms with E-state index in [4.69, 9.17) is 4.74 Å². The summed E-state index contributed by atoms with van der Waals surface area (Å²) in [5.41, 5.74) is -0.0214. The third-order valence-corrected chi connectivity index (χ3v) is 4.68. The number of nitrogens with one attached hydrogen (secondary N) is 1. The fourth-order valence-electron chi connectivity index (χ4n) is 3.13. The Labute approximate surface area is 172 Å². The van der Waals surface area contributed by atoms with E-state index < -0.39 is 29.1 Å². The molecule has 0 aliphatic carbocycles. The topological polar surface area (TPSA) is 58.6 Å². The Morgan fingerprint density at radius 1 is 1.03 bits per heavy atom. The smallest absolute Gasteiger partial charge is 0.378 e. The van der Waals surface area contributed by atoms with Crippen molar-refractivity contribution in [2.45, 2.75) is 13.1 Å². The van der Waals surface area contributed by atoms with E-state index in [0.717, 1.165) is 30.9 Å². The number of halogens is 3. The molecule has 158 valence electrons. The van der Waals surface area contributed by atoms with Gasteiger partial charge in [0.25, 0.3) is 5.91 Å². The van der Waals surface area contributed by atoms with Crippen molar-refractivity contribution >= 4 is 29.1 Å². The number of ketones is 1. The molecule has 1 N–H and O–H groups in total. The van der Waals surface area contributed by atoms with Gasteiger partial charge in [0, 0.05) is 18.8 Å². The normalized spacial score (nSPS) is 15.1. The number of alkyl halides is 3. The van der Waals surface area contributed by atoms with E-state index in [9.17, 15) is 22.8 Å². The molecule has 3 rings (SSSR count). The zero-order valence-electron chi connectivity index (χ0n) is 16.3. The Balaban J connectivity index is 1.81. The summed E-state index contributed by atoms with van der Waals surface area (Å²) in [4.78, 5) is 26.7. The van der Waals surface area contributed by atoms with Crippen LogP contribution in [0, 0.1) is 0 Å². The summed E-state index contributed by atoms with van der Waals surface area (Å²) in [6, 6.07) is 11.9. The Morgan fingerprint density at radius 3 is 2.27 bits per heavy atom. The SMILES string of the molecule is CC(=O)/C(=C\c1ccc(N2CCOCC2)cc1)C(=O)Nc1ccccc1C(F)(F)F. The Morgan fingerprint density at radius 2 is 1.67 bits per heavy atom. The molecule has 8 heteroatoms. The van der Waals surface area contributed by atoms with Gasteiger partial charge < -0.3 is 15.0 Å². The number of rotatable bonds is 5. The van der Waals surface area contributed by atoms with Gasteiger partial charge in [0.2, 0.25) is 0 Å². The van der Waals surface area contributed by atoms with Crippen LogP contribution < -0.4 is 10.2 Å². The number of benzene rings is 2. The highest BCUT2D eigenvalue weighted by Crippen LogP contribution is 2.34. The van der Waals surface area contributed by atoms with Crippen molar-refractivity contribution in [3.05, 3.63) is 65.2 Å². The number of Topliss-reactive ketones (excluding diaryl/α,β-unsaturated/α-hetero) is 1. The van der Waals surface area contributed by atoms with Crippen LogP contribution in [0.5, 0.6) is 0 Å². The molecule has 0 aromatic heterocycles. The molecule has 1 aliphatic rings. The third kappa shape index (κ3) is 5.27. The number of hydrogen-bond donors (Lipinski definition) is 1. The highest BCUT2D eigenvalue weighted by atomic mass is 19.4. The molecule has 1 amide bonds. The summed E-state index contributed by atoms with van der Waals surface area (Å²) in [7, 11) is 0. The van der Waals surface area contributed by atoms with E-state index >= 15 is 0 Å². The van der Waals surface area contributed by atoms with Gasteiger partial charge in [-0.15, -0.1) is 0 Å². The zero-order valence-corrected chi connectivity index (χ0v) is 16.3. The number of morpholine rings is 1. The molecule has 1 aliphatic heterocycles. The molecule has 1 heterocycles. The summed E-state index contributed by atoms with van der Waals surface area (Å²) in [5, 5.41) is 2.21. The molecule has 1 saturated heterocycles. The third-order valence-electron chi connectivity index (χ3n) is 4.68. The lowest BCUT2D eigenvalue weighted by Gasteiger charge is -2.28. The van der Waals surface area contributed by atoms with Crippen LogP contribution in [0.25, 0.3) is 6.08 Å². The Bertz CT molecular complexity index is 947. The van der Waals surface area contributed by atoms with Crippen molar-refractivity contribution in [1.82, 2.24) is 0 Å². The van der Waals surface area contributed by atoms with Gasteiger partial charge in [-0.1, -0.05) is 24.3 Å². The molecule has 0 saturated carbocycles. The Kier molecular flexibility index (Phi) is 6.56. The first-order valence-corrected chi connectivity index (χ1v) is 9.38. The van der Waals surface area contributed by atoms with Crippen LogP contribution in [0.4, 0.5) is 24.5 Å². The first kappa shape index (κ1) is 21.6. The maximum absolute atomic E-state index is 13.2. The van der Waals surface area contributed by atoms with Crippen LogP contribution in [-0.4, -0.2) is 38.0 Å². The van der Waals surface area contributed by atoms with Gasteiger partial charge in [0.05, 0.1) is 30.0 Å². The van der Waals surface area contributed by atoms with Crippen LogP contribution in [0.15, 0.2) is 54.1 Å². The van der Waals surface area contributed by atoms with Crippen LogP contribution in [0.3, 0.4) is 0 Å². The van der Waals surface area contributed by atoms with Crippen molar-refractivity contribution in [2.75, 3.05) is 36.5 Å². The average molecular weight is 418 g/mol. The molecule has 0 radical (unpaired) electrons. The van der Waals surface area contributed by atoms with Crippen LogP contribution >= 0.6 is 0 Å². The minimum atomic E-state index is -4.63. The summed E-state index contributed by atoms with van der Waals surface area (Å²) in [6.07, 6.45) is -3.25. The van der Waals surface area contributed by atoms with E-state index in [1.165, 1.54) is 25.1 Å². The number of carbonyl (C=O) groups is 2. The van der Waals surface area contributed by atoms with Gasteiger partial charge in [-0.05, 0) is 42.8 Å². The van der Waals surface area contributed by atoms with Gasteiger partial charge >= 0.3 is 6.18 Å². The van der Waals surface area contributed by atoms with Gasteiger partial charge in [-0.25, -0.2) is 0 Å². The lowest BCUT2D eigenvalue weighted by molar-refractivity contribution is -0.137. The van der Waals surface area contributed by atoms with E-state index in [-0.39, 0.29) is 5.57 Å². The number of amides is 1. The summed E-state index contributed by atoms with van der Waals surface area (Å²) >= 11 is 0. The molecule has 2 aromatic rings. The fourth-order valence-corrected chi connectivity index (χ4v) is 3.13. The summed E-state index contributed by atoms with van der Waals surface area (Å²) < 4.78 is 44.8. The first-order valence-electron chi connectivity index (χ1n) is 9.38. The number of anilines is 2. The zero-order chi connectivity index (χ0) is 21.7. The molecule has 5 nitrogen and oxygen atoms in total. The minimum Gasteiger partial charge on any atom is -0.378 e. The predicted molar refractivity (Wildman–Crippen MR) is 108 cm³/mol. The maximum Gasteiger partial charge on any atom is 0.418 e. The van der Waals surface area contributed by atoms with Gasteiger partial charge in [-0.2, -0.15) is 13.2 Å². The fraction of sp³-hybridized carbons (Fsp3) is 0.273. The Hall–Kier alpha value is -3.13. The van der Waals surface area contributed by atoms with Crippen molar-refractivity contribution in [2.24, 2.45) is 0 Å². The summed E-state index contributed by atoms with van der Waals surface area (Å²) in [6.45, 7) is 4.04. The second-order valence-corrected chi connectivity index (χ2v) is 6.80. The average Bonchev–Trinajstić information content (AvgIpc) is 2.72. The largest absolute Gasteiger partial charge is 0.418 e. The maximum atomic E-state index is 13.2. The monoisotopic (exact) mass is 418 g/mol. The number of para-hydroxylation sites is 1. The molecule has 0 bridgehead atoms. The van der Waals surface area contributed by atoms with Gasteiger partial charge in [0.15, 0.2) is 5.78 Å². The van der Waals surface area contributed by atoms with Crippen molar-refractivity contribution < 1.29 is 27.5 Å². The highest BCUT2D eigenvalue weighted by Gasteiger charge is 2.33. The van der Waals surface area contributed by atoms with Gasteiger partial charge in [-0.3, -0.25) is 9.59 Å². The highest BCUT2D eigenvalue weighted by molar-refractivity contribution is 6.25. The first-order chi connectivity index (χ1) is 14.3. The second kappa shape index (κ2) is 9.13. The van der Waals surface area contributed by atoms with E-state index in [2.05, 4.69) is 10.2 Å². The molecule has 30 heavy (non-hydrogen) atoms. The van der Waals surface area contributed by atoms with Crippen molar-refractivity contribution in [3.8, 4) is 0 Å². The predicted octanol–water partition coefficient (Wildman–Crippen LogP) is 4.15. The van der Waals surface area contributed by atoms with Crippen molar-refractivity contribution in [3.63, 3.8) is 0 Å². The summed E-state index contributed by atoms with van der Waals surface area (Å²) in [5.74, 6) is -1.44. The molecule has 0 atom stereocenters. The van der Waals surface area contributed by atoms with Crippen LogP contribution in [0.1, 0.15) is 18.1 Å². The standard InChI is InChI=1S/C22H21F3N2O3/c1-15(28)18(21(29)26-20-5-3-2-4-19(20)22(23,24)25)14-16-6-8-17(9-7-16)27-10-12-30-13-11-27/h2-9,14H,10-13H2,1H3,(H,26,29)/b18-14+. The molecule has 0 spiro atoms. The molecule has 2 aromatic carbocycles. The van der Waals surface area contributed by atoms with E-state index in [1.807, 2.05) is 12.1 Å². The lowest BCUT2D eigenvalue weighted by atomic mass is 10.1. The van der Waals surface area contributed by atoms with E-state index in [0.29, 0.717) is 18.8 Å². The van der Waals surface area contributed by atoms with Gasteiger partial charge in [0.1, 0.15) is 0 Å². The number of ether oxygens (including phenoxy) is 1. The number of carbonyl (C=O) groups excluding carboxylic acids is 2. The van der Waals surface area contributed by atoms with Crippen LogP contribution in [-0.2, 0) is 20.5 Å². The van der Waals surface area contributed by atoms with Crippen LogP contribution in [0.2, 0.25) is 0 Å². The molecule has 1 fully saturated rings.